The Labute approximate surface area is 88.4 Å². The zero-order valence-electron chi connectivity index (χ0n) is 8.50. The van der Waals surface area contributed by atoms with E-state index < -0.39 is 0 Å². The van der Waals surface area contributed by atoms with E-state index in [-0.39, 0.29) is 5.82 Å². The van der Waals surface area contributed by atoms with Crippen LogP contribution >= 0.6 is 0 Å². The van der Waals surface area contributed by atoms with E-state index in [1.54, 1.807) is 18.2 Å². The van der Waals surface area contributed by atoms with Gasteiger partial charge >= 0.3 is 0 Å². The van der Waals surface area contributed by atoms with Crippen LogP contribution < -0.4 is 5.73 Å². The molecule has 0 fully saturated rings. The molecule has 76 valence electrons. The van der Waals surface area contributed by atoms with Gasteiger partial charge in [0.15, 0.2) is 0 Å². The first-order valence-electron chi connectivity index (χ1n) is 4.79. The minimum Gasteiger partial charge on any atom is -0.399 e. The highest BCUT2D eigenvalue weighted by atomic mass is 19.1. The molecule has 2 aromatic rings. The van der Waals surface area contributed by atoms with E-state index >= 15 is 0 Å². The highest BCUT2D eigenvalue weighted by Crippen LogP contribution is 2.27. The Kier molecular flexibility index (Phi) is 2.42. The topological polar surface area (TPSA) is 26.0 Å². The second-order valence-electron chi connectivity index (χ2n) is 3.55. The van der Waals surface area contributed by atoms with Crippen molar-refractivity contribution in [1.82, 2.24) is 0 Å². The third-order valence-corrected chi connectivity index (χ3v) is 2.43. The Morgan fingerprint density at radius 2 is 1.73 bits per heavy atom. The second kappa shape index (κ2) is 3.73. The van der Waals surface area contributed by atoms with Crippen molar-refractivity contribution < 1.29 is 4.39 Å². The third-order valence-electron chi connectivity index (χ3n) is 2.43. The first kappa shape index (κ1) is 9.71. The van der Waals surface area contributed by atoms with Crippen LogP contribution in [-0.4, -0.2) is 0 Å². The van der Waals surface area contributed by atoms with Gasteiger partial charge in [-0.15, -0.1) is 0 Å². The number of benzene rings is 2. The SMILES string of the molecule is Cc1ccc(N)cc1-c1ccccc1F. The lowest BCUT2D eigenvalue weighted by Crippen LogP contribution is -1.90. The maximum atomic E-state index is 13.5. The predicted molar refractivity (Wildman–Crippen MR) is 61.0 cm³/mol. The molecule has 0 aliphatic rings. The maximum Gasteiger partial charge on any atom is 0.131 e. The fourth-order valence-corrected chi connectivity index (χ4v) is 1.61. The van der Waals surface area contributed by atoms with Crippen LogP contribution in [0.25, 0.3) is 11.1 Å². The highest BCUT2D eigenvalue weighted by Gasteiger charge is 2.06. The van der Waals surface area contributed by atoms with Crippen molar-refractivity contribution in [3.8, 4) is 11.1 Å². The number of nitrogen functional groups attached to an aromatic ring is 1. The number of hydrogen-bond acceptors (Lipinski definition) is 1. The molecule has 0 radical (unpaired) electrons. The Bertz CT molecular complexity index is 492. The van der Waals surface area contributed by atoms with Gasteiger partial charge in [0.05, 0.1) is 0 Å². The molecule has 2 rings (SSSR count). The molecule has 0 saturated carbocycles. The molecule has 0 bridgehead atoms. The minimum atomic E-state index is -0.216. The first-order chi connectivity index (χ1) is 7.18. The molecule has 0 aliphatic carbocycles. The first-order valence-corrected chi connectivity index (χ1v) is 4.79. The van der Waals surface area contributed by atoms with Crippen LogP contribution in [0, 0.1) is 12.7 Å². The van der Waals surface area contributed by atoms with Gasteiger partial charge in [0, 0.05) is 11.3 Å². The molecule has 2 aromatic carbocycles. The zero-order chi connectivity index (χ0) is 10.8. The lowest BCUT2D eigenvalue weighted by Gasteiger charge is -2.07. The van der Waals surface area contributed by atoms with Crippen molar-refractivity contribution in [3.63, 3.8) is 0 Å². The number of nitrogens with two attached hydrogens (primary N) is 1. The van der Waals surface area contributed by atoms with Gasteiger partial charge in [0.2, 0.25) is 0 Å². The normalized spacial score (nSPS) is 10.3. The van der Waals surface area contributed by atoms with E-state index in [0.717, 1.165) is 11.1 Å². The zero-order valence-corrected chi connectivity index (χ0v) is 8.50. The largest absolute Gasteiger partial charge is 0.399 e. The van der Waals surface area contributed by atoms with Gasteiger partial charge in [-0.2, -0.15) is 0 Å². The van der Waals surface area contributed by atoms with Crippen LogP contribution in [0.4, 0.5) is 10.1 Å². The molecule has 0 spiro atoms. The van der Waals surface area contributed by atoms with Gasteiger partial charge < -0.3 is 5.73 Å². The summed E-state index contributed by atoms with van der Waals surface area (Å²) in [6, 6.07) is 12.2. The quantitative estimate of drug-likeness (QED) is 0.703. The average Bonchev–Trinajstić information content (AvgIpc) is 2.23. The number of rotatable bonds is 1. The van der Waals surface area contributed by atoms with Crippen molar-refractivity contribution >= 4 is 5.69 Å². The number of halogens is 1. The molecule has 0 amide bonds. The molecule has 0 aromatic heterocycles. The Balaban J connectivity index is 2.64. The van der Waals surface area contributed by atoms with Crippen LogP contribution in [0.1, 0.15) is 5.56 Å². The molecular formula is C13H12FN. The van der Waals surface area contributed by atoms with Crippen molar-refractivity contribution in [3.05, 3.63) is 53.8 Å². The van der Waals surface area contributed by atoms with Gasteiger partial charge in [0.25, 0.3) is 0 Å². The maximum absolute atomic E-state index is 13.5. The van der Waals surface area contributed by atoms with Crippen LogP contribution in [-0.2, 0) is 0 Å². The van der Waals surface area contributed by atoms with Crippen LogP contribution in [0.3, 0.4) is 0 Å². The second-order valence-corrected chi connectivity index (χ2v) is 3.55. The van der Waals surface area contributed by atoms with Crippen LogP contribution in [0.5, 0.6) is 0 Å². The fourth-order valence-electron chi connectivity index (χ4n) is 1.61. The van der Waals surface area contributed by atoms with E-state index in [4.69, 9.17) is 5.73 Å². The molecule has 0 unspecified atom stereocenters. The van der Waals surface area contributed by atoms with E-state index in [9.17, 15) is 4.39 Å². The van der Waals surface area contributed by atoms with Crippen molar-refractivity contribution in [2.45, 2.75) is 6.92 Å². The molecule has 15 heavy (non-hydrogen) atoms. The van der Waals surface area contributed by atoms with Gasteiger partial charge in [-0.25, -0.2) is 4.39 Å². The number of aryl methyl sites for hydroxylation is 1. The summed E-state index contributed by atoms with van der Waals surface area (Å²) in [6.07, 6.45) is 0. The molecule has 1 nitrogen and oxygen atoms in total. The van der Waals surface area contributed by atoms with E-state index in [1.807, 2.05) is 25.1 Å². The summed E-state index contributed by atoms with van der Waals surface area (Å²) < 4.78 is 13.5. The molecule has 0 saturated heterocycles. The lowest BCUT2D eigenvalue weighted by molar-refractivity contribution is 0.631. The molecule has 0 atom stereocenters. The highest BCUT2D eigenvalue weighted by molar-refractivity contribution is 5.71. The summed E-state index contributed by atoms with van der Waals surface area (Å²) in [4.78, 5) is 0. The Morgan fingerprint density at radius 1 is 1.00 bits per heavy atom. The summed E-state index contributed by atoms with van der Waals surface area (Å²) in [5.74, 6) is -0.216. The third kappa shape index (κ3) is 1.84. The molecule has 2 heteroatoms. The fraction of sp³-hybridized carbons (Fsp3) is 0.0769. The predicted octanol–water partition coefficient (Wildman–Crippen LogP) is 3.38. The van der Waals surface area contributed by atoms with Crippen LogP contribution in [0.2, 0.25) is 0 Å². The van der Waals surface area contributed by atoms with E-state index in [1.165, 1.54) is 6.07 Å². The molecule has 0 aliphatic heterocycles. The summed E-state index contributed by atoms with van der Waals surface area (Å²) in [5, 5.41) is 0. The number of anilines is 1. The standard InChI is InChI=1S/C13H12FN/c1-9-6-7-10(15)8-12(9)11-4-2-3-5-13(11)14/h2-8H,15H2,1H3. The van der Waals surface area contributed by atoms with Crippen molar-refractivity contribution in [1.29, 1.82) is 0 Å². The Morgan fingerprint density at radius 3 is 2.47 bits per heavy atom. The lowest BCUT2D eigenvalue weighted by atomic mass is 9.99. The summed E-state index contributed by atoms with van der Waals surface area (Å²) >= 11 is 0. The van der Waals surface area contributed by atoms with E-state index in [0.29, 0.717) is 11.3 Å². The number of hydrogen-bond donors (Lipinski definition) is 1. The van der Waals surface area contributed by atoms with Crippen LogP contribution in [0.15, 0.2) is 42.5 Å². The molecule has 2 N–H and O–H groups in total. The summed E-state index contributed by atoms with van der Waals surface area (Å²) in [6.45, 7) is 1.95. The smallest absolute Gasteiger partial charge is 0.131 e. The average molecular weight is 201 g/mol. The Hall–Kier alpha value is -1.83. The van der Waals surface area contributed by atoms with Crippen molar-refractivity contribution in [2.75, 3.05) is 5.73 Å². The molecule has 0 heterocycles. The van der Waals surface area contributed by atoms with Gasteiger partial charge in [-0.3, -0.25) is 0 Å². The summed E-state index contributed by atoms with van der Waals surface area (Å²) in [5.41, 5.74) is 8.82. The van der Waals surface area contributed by atoms with Crippen molar-refractivity contribution in [2.24, 2.45) is 0 Å². The van der Waals surface area contributed by atoms with Gasteiger partial charge in [0.1, 0.15) is 5.82 Å². The minimum absolute atomic E-state index is 0.216. The van der Waals surface area contributed by atoms with E-state index in [2.05, 4.69) is 0 Å². The summed E-state index contributed by atoms with van der Waals surface area (Å²) in [7, 11) is 0. The monoisotopic (exact) mass is 201 g/mol. The molecular weight excluding hydrogens is 189 g/mol. The van der Waals surface area contributed by atoms with Gasteiger partial charge in [-0.1, -0.05) is 24.3 Å². The van der Waals surface area contributed by atoms with Gasteiger partial charge in [-0.05, 0) is 36.2 Å².